The minimum absolute atomic E-state index is 0.195. The Balaban J connectivity index is 2.00. The van der Waals surface area contributed by atoms with Crippen molar-refractivity contribution in [1.82, 2.24) is 0 Å². The number of benzene rings is 1. The van der Waals surface area contributed by atoms with Gasteiger partial charge in [-0.2, -0.15) is 5.26 Å². The molecular formula is C12H12BrClN2. The molecule has 4 heteroatoms. The SMILES string of the molecule is N#CCC1(CNc2cc(Br)ccc2Cl)CC1. The fourth-order valence-electron chi connectivity index (χ4n) is 1.68. The number of rotatable bonds is 4. The van der Waals surface area contributed by atoms with Crippen molar-refractivity contribution in [3.63, 3.8) is 0 Å². The lowest BCUT2D eigenvalue weighted by Crippen LogP contribution is -2.15. The van der Waals surface area contributed by atoms with Gasteiger partial charge in [0.2, 0.25) is 0 Å². The zero-order valence-corrected chi connectivity index (χ0v) is 11.1. The average molecular weight is 300 g/mol. The maximum absolute atomic E-state index is 8.73. The van der Waals surface area contributed by atoms with Crippen molar-refractivity contribution < 1.29 is 0 Å². The Labute approximate surface area is 109 Å². The van der Waals surface area contributed by atoms with E-state index in [1.165, 1.54) is 0 Å². The van der Waals surface area contributed by atoms with E-state index in [1.54, 1.807) is 0 Å². The number of anilines is 1. The molecule has 2 nitrogen and oxygen atoms in total. The Hall–Kier alpha value is -0.720. The molecule has 0 radical (unpaired) electrons. The second kappa shape index (κ2) is 4.65. The molecule has 0 aromatic heterocycles. The number of nitrogens with one attached hydrogen (secondary N) is 1. The maximum Gasteiger partial charge on any atom is 0.0638 e. The lowest BCUT2D eigenvalue weighted by molar-refractivity contribution is 0.557. The number of nitrogens with zero attached hydrogens (tertiary/aromatic N) is 1. The summed E-state index contributed by atoms with van der Waals surface area (Å²) in [5.41, 5.74) is 1.13. The molecule has 2 rings (SSSR count). The van der Waals surface area contributed by atoms with Gasteiger partial charge in [0.15, 0.2) is 0 Å². The molecule has 0 spiro atoms. The van der Waals surface area contributed by atoms with Gasteiger partial charge in [0.05, 0.1) is 16.8 Å². The zero-order chi connectivity index (χ0) is 11.6. The van der Waals surface area contributed by atoms with E-state index < -0.39 is 0 Å². The van der Waals surface area contributed by atoms with E-state index in [9.17, 15) is 0 Å². The van der Waals surface area contributed by atoms with Crippen LogP contribution in [-0.4, -0.2) is 6.54 Å². The molecule has 0 unspecified atom stereocenters. The smallest absolute Gasteiger partial charge is 0.0638 e. The monoisotopic (exact) mass is 298 g/mol. The summed E-state index contributed by atoms with van der Waals surface area (Å²) in [6, 6.07) is 7.98. The van der Waals surface area contributed by atoms with Crippen LogP contribution >= 0.6 is 27.5 Å². The first-order valence-electron chi connectivity index (χ1n) is 5.21. The summed E-state index contributed by atoms with van der Waals surface area (Å²) in [7, 11) is 0. The molecule has 0 saturated heterocycles. The molecule has 84 valence electrons. The molecule has 1 aromatic rings. The van der Waals surface area contributed by atoms with Crippen LogP contribution < -0.4 is 5.32 Å². The summed E-state index contributed by atoms with van der Waals surface area (Å²) in [6.45, 7) is 0.830. The number of hydrogen-bond donors (Lipinski definition) is 1. The molecule has 0 atom stereocenters. The van der Waals surface area contributed by atoms with E-state index in [2.05, 4.69) is 27.3 Å². The fourth-order valence-corrected chi connectivity index (χ4v) is 2.22. The minimum Gasteiger partial charge on any atom is -0.383 e. The van der Waals surface area contributed by atoms with Gasteiger partial charge in [-0.05, 0) is 31.0 Å². The third-order valence-corrected chi connectivity index (χ3v) is 3.82. The highest BCUT2D eigenvalue weighted by atomic mass is 79.9. The highest BCUT2D eigenvalue weighted by Gasteiger charge is 2.42. The van der Waals surface area contributed by atoms with Gasteiger partial charge in [-0.25, -0.2) is 0 Å². The maximum atomic E-state index is 8.73. The first-order chi connectivity index (χ1) is 7.65. The van der Waals surface area contributed by atoms with E-state index in [0.717, 1.165) is 34.6 Å². The molecule has 1 saturated carbocycles. The van der Waals surface area contributed by atoms with E-state index >= 15 is 0 Å². The second-order valence-corrected chi connectivity index (χ2v) is 5.64. The zero-order valence-electron chi connectivity index (χ0n) is 8.76. The van der Waals surface area contributed by atoms with Gasteiger partial charge in [-0.1, -0.05) is 27.5 Å². The molecule has 0 bridgehead atoms. The molecule has 0 amide bonds. The molecule has 1 aromatic carbocycles. The quantitative estimate of drug-likeness (QED) is 0.904. The Morgan fingerprint density at radius 3 is 2.88 bits per heavy atom. The van der Waals surface area contributed by atoms with Crippen LogP contribution in [0.15, 0.2) is 22.7 Å². The van der Waals surface area contributed by atoms with Crippen molar-refractivity contribution in [3.05, 3.63) is 27.7 Å². The van der Waals surface area contributed by atoms with Gasteiger partial charge >= 0.3 is 0 Å². The Bertz CT molecular complexity index is 435. The topological polar surface area (TPSA) is 35.8 Å². The van der Waals surface area contributed by atoms with Crippen molar-refractivity contribution in [1.29, 1.82) is 5.26 Å². The lowest BCUT2D eigenvalue weighted by atomic mass is 10.0. The van der Waals surface area contributed by atoms with E-state index in [0.29, 0.717) is 6.42 Å². The van der Waals surface area contributed by atoms with Crippen LogP contribution in [0.3, 0.4) is 0 Å². The van der Waals surface area contributed by atoms with Crippen LogP contribution in [0, 0.1) is 16.7 Å². The van der Waals surface area contributed by atoms with Gasteiger partial charge in [-0.3, -0.25) is 0 Å². The fraction of sp³-hybridized carbons (Fsp3) is 0.417. The third kappa shape index (κ3) is 2.69. The largest absolute Gasteiger partial charge is 0.383 e. The molecule has 1 fully saturated rings. The summed E-state index contributed by atoms with van der Waals surface area (Å²) < 4.78 is 1.00. The van der Waals surface area contributed by atoms with Crippen molar-refractivity contribution in [3.8, 4) is 6.07 Å². The molecule has 16 heavy (non-hydrogen) atoms. The van der Waals surface area contributed by atoms with Crippen LogP contribution in [-0.2, 0) is 0 Å². The van der Waals surface area contributed by atoms with Crippen molar-refractivity contribution in [2.45, 2.75) is 19.3 Å². The second-order valence-electron chi connectivity index (χ2n) is 4.31. The van der Waals surface area contributed by atoms with Crippen molar-refractivity contribution >= 4 is 33.2 Å². The van der Waals surface area contributed by atoms with Crippen LogP contribution in [0.5, 0.6) is 0 Å². The molecule has 1 aliphatic carbocycles. The standard InChI is InChI=1S/C12H12BrClN2/c13-9-1-2-10(14)11(7-9)16-8-12(3-4-12)5-6-15/h1-2,7,16H,3-5,8H2. The first-order valence-corrected chi connectivity index (χ1v) is 6.38. The predicted octanol–water partition coefficient (Wildman–Crippen LogP) is 4.21. The lowest BCUT2D eigenvalue weighted by Gasteiger charge is -2.14. The van der Waals surface area contributed by atoms with Crippen LogP contribution in [0.25, 0.3) is 0 Å². The van der Waals surface area contributed by atoms with Crippen molar-refractivity contribution in [2.24, 2.45) is 5.41 Å². The average Bonchev–Trinajstić information content (AvgIpc) is 3.01. The van der Waals surface area contributed by atoms with Gasteiger partial charge in [0, 0.05) is 22.9 Å². The van der Waals surface area contributed by atoms with Gasteiger partial charge in [-0.15, -0.1) is 0 Å². The van der Waals surface area contributed by atoms with Crippen LogP contribution in [0.2, 0.25) is 5.02 Å². The minimum atomic E-state index is 0.195. The summed E-state index contributed by atoms with van der Waals surface area (Å²) in [5, 5.41) is 12.8. The number of halogens is 2. The van der Waals surface area contributed by atoms with E-state index in [4.69, 9.17) is 16.9 Å². The van der Waals surface area contributed by atoms with Crippen molar-refractivity contribution in [2.75, 3.05) is 11.9 Å². The van der Waals surface area contributed by atoms with Crippen LogP contribution in [0.1, 0.15) is 19.3 Å². The number of hydrogen-bond acceptors (Lipinski definition) is 2. The molecule has 0 heterocycles. The van der Waals surface area contributed by atoms with Crippen LogP contribution in [0.4, 0.5) is 5.69 Å². The Morgan fingerprint density at radius 2 is 2.25 bits per heavy atom. The van der Waals surface area contributed by atoms with Gasteiger partial charge in [0.1, 0.15) is 0 Å². The normalized spacial score (nSPS) is 16.6. The Morgan fingerprint density at radius 1 is 1.50 bits per heavy atom. The molecule has 1 N–H and O–H groups in total. The number of nitriles is 1. The summed E-state index contributed by atoms with van der Waals surface area (Å²) >= 11 is 9.49. The Kier molecular flexibility index (Phi) is 3.41. The summed E-state index contributed by atoms with van der Waals surface area (Å²) in [4.78, 5) is 0. The third-order valence-electron chi connectivity index (χ3n) is 2.99. The predicted molar refractivity (Wildman–Crippen MR) is 69.5 cm³/mol. The van der Waals surface area contributed by atoms with Gasteiger partial charge < -0.3 is 5.32 Å². The highest BCUT2D eigenvalue weighted by Crippen LogP contribution is 2.48. The van der Waals surface area contributed by atoms with Gasteiger partial charge in [0.25, 0.3) is 0 Å². The summed E-state index contributed by atoms with van der Waals surface area (Å²) in [6.07, 6.45) is 2.91. The van der Waals surface area contributed by atoms with E-state index in [1.807, 2.05) is 18.2 Å². The molecular weight excluding hydrogens is 288 g/mol. The highest BCUT2D eigenvalue weighted by molar-refractivity contribution is 9.10. The molecule has 0 aliphatic heterocycles. The summed E-state index contributed by atoms with van der Waals surface area (Å²) in [5.74, 6) is 0. The molecule has 1 aliphatic rings. The van der Waals surface area contributed by atoms with E-state index in [-0.39, 0.29) is 5.41 Å². The first kappa shape index (κ1) is 11.8.